The minimum absolute atomic E-state index is 0.214. The Bertz CT molecular complexity index is 4270. The van der Waals surface area contributed by atoms with E-state index in [0.29, 0.717) is 0 Å². The van der Waals surface area contributed by atoms with Crippen molar-refractivity contribution in [2.75, 3.05) is 9.80 Å². The molecule has 14 rings (SSSR count). The first-order valence-corrected chi connectivity index (χ1v) is 26.7. The lowest BCUT2D eigenvalue weighted by atomic mass is 9.84. The van der Waals surface area contributed by atoms with Crippen LogP contribution in [0.15, 0.2) is 227 Å². The zero-order chi connectivity index (χ0) is 51.3. The molecule has 0 aliphatic rings. The maximum atomic E-state index is 6.95. The molecule has 0 saturated heterocycles. The van der Waals surface area contributed by atoms with E-state index in [1.165, 1.54) is 76.8 Å². The Balaban J connectivity index is 1.09. The summed E-state index contributed by atoms with van der Waals surface area (Å²) in [5.41, 5.74) is 19.6. The molecule has 0 spiro atoms. The van der Waals surface area contributed by atoms with Gasteiger partial charge in [-0.05, 0) is 152 Å². The van der Waals surface area contributed by atoms with Crippen LogP contribution >= 0.6 is 0 Å². The molecule has 0 fully saturated rings. The van der Waals surface area contributed by atoms with Gasteiger partial charge in [0.2, 0.25) is 0 Å². The first kappa shape index (κ1) is 45.5. The molecule has 2 aromatic heterocycles. The van der Waals surface area contributed by atoms with E-state index < -0.39 is 0 Å². The normalized spacial score (nSPS) is 12.1. The molecule has 0 radical (unpaired) electrons. The largest absolute Gasteiger partial charge is 0.454 e. The average Bonchev–Trinajstić information content (AvgIpc) is 4.17. The summed E-state index contributed by atoms with van der Waals surface area (Å²) >= 11 is 0. The van der Waals surface area contributed by atoms with Gasteiger partial charge >= 0.3 is 0 Å². The van der Waals surface area contributed by atoms with E-state index in [4.69, 9.17) is 8.83 Å². The molecule has 0 saturated carbocycles. The Hall–Kier alpha value is -9.12. The molecular weight excluding hydrogens is 925 g/mol. The Morgan fingerprint density at radius 2 is 0.671 bits per heavy atom. The Kier molecular flexibility index (Phi) is 10.6. The number of aryl methyl sites for hydroxylation is 2. The number of hydrogen-bond donors (Lipinski definition) is 0. The van der Waals surface area contributed by atoms with Crippen molar-refractivity contribution in [1.82, 2.24) is 0 Å². The van der Waals surface area contributed by atoms with Crippen molar-refractivity contribution < 1.29 is 8.83 Å². The number of para-hydroxylation sites is 4. The monoisotopic (exact) mass is 980 g/mol. The number of furan rings is 2. The van der Waals surface area contributed by atoms with Crippen LogP contribution in [0.1, 0.15) is 61.8 Å². The van der Waals surface area contributed by atoms with Crippen LogP contribution in [-0.4, -0.2) is 0 Å². The standard InChI is InChI=1S/C72H56N2O2/c1-43(2)59-41-65(73(61-37-31-49(39-45(61)5)47-19-9-7-10-20-47)63-27-17-25-55-51-23-13-15-29-67(51)75-71(55)63)57-36-34-54-60(44(3)4)42-66(58-35-33-53(59)69(57)70(54)58)74(62-38-32-50(40-46(62)6)48-21-11-8-12-22-48)64-28-18-26-56-52-24-14-16-30-68(52)76-72(56)64/h7-44H,1-6H3. The second kappa shape index (κ2) is 17.8. The van der Waals surface area contributed by atoms with Gasteiger partial charge in [-0.3, -0.25) is 0 Å². The highest BCUT2D eigenvalue weighted by Gasteiger charge is 2.29. The van der Waals surface area contributed by atoms with Crippen molar-refractivity contribution in [3.05, 3.63) is 241 Å². The third-order valence-corrected chi connectivity index (χ3v) is 16.0. The fourth-order valence-electron chi connectivity index (χ4n) is 12.4. The van der Waals surface area contributed by atoms with Gasteiger partial charge < -0.3 is 18.6 Å². The van der Waals surface area contributed by atoms with Gasteiger partial charge in [-0.2, -0.15) is 0 Å². The van der Waals surface area contributed by atoms with Crippen LogP contribution < -0.4 is 9.80 Å². The lowest BCUT2D eigenvalue weighted by molar-refractivity contribution is 0.668. The number of rotatable bonds is 10. The highest BCUT2D eigenvalue weighted by atomic mass is 16.3. The van der Waals surface area contributed by atoms with Crippen LogP contribution in [0.25, 0.3) is 98.4 Å². The van der Waals surface area contributed by atoms with E-state index in [-0.39, 0.29) is 11.8 Å². The summed E-state index contributed by atoms with van der Waals surface area (Å²) < 4.78 is 13.9. The number of anilines is 6. The Morgan fingerprint density at radius 3 is 1.08 bits per heavy atom. The van der Waals surface area contributed by atoms with E-state index in [2.05, 4.69) is 270 Å². The van der Waals surface area contributed by atoms with Crippen molar-refractivity contribution in [3.8, 4) is 22.3 Å². The molecule has 0 atom stereocenters. The summed E-state index contributed by atoms with van der Waals surface area (Å²) in [5, 5.41) is 11.8. The predicted octanol–water partition coefficient (Wildman–Crippen LogP) is 21.5. The van der Waals surface area contributed by atoms with E-state index in [1.54, 1.807) is 0 Å². The van der Waals surface area contributed by atoms with Crippen LogP contribution in [0.2, 0.25) is 0 Å². The van der Waals surface area contributed by atoms with Gasteiger partial charge in [0.15, 0.2) is 11.2 Å². The molecule has 0 bridgehead atoms. The van der Waals surface area contributed by atoms with E-state index in [9.17, 15) is 0 Å². The van der Waals surface area contributed by atoms with Crippen molar-refractivity contribution in [1.29, 1.82) is 0 Å². The zero-order valence-corrected chi connectivity index (χ0v) is 43.7. The molecule has 4 heteroatoms. The van der Waals surface area contributed by atoms with Crippen molar-refractivity contribution in [3.63, 3.8) is 0 Å². The van der Waals surface area contributed by atoms with Gasteiger partial charge in [-0.15, -0.1) is 0 Å². The lowest BCUT2D eigenvalue weighted by Gasteiger charge is -2.32. The third kappa shape index (κ3) is 7.12. The van der Waals surface area contributed by atoms with Crippen molar-refractivity contribution in [2.45, 2.75) is 53.4 Å². The van der Waals surface area contributed by atoms with Gasteiger partial charge in [0.25, 0.3) is 0 Å². The predicted molar refractivity (Wildman–Crippen MR) is 323 cm³/mol. The smallest absolute Gasteiger partial charge is 0.159 e. The van der Waals surface area contributed by atoms with Crippen LogP contribution in [-0.2, 0) is 0 Å². The SMILES string of the molecule is Cc1cc(-c2ccccc2)ccc1N(c1cc(C(C)C)c2ccc3c(N(c4ccc(-c5ccccc5)cc4C)c4cccc5c4oc4ccccc45)cc(C(C)C)c4ccc1c2c43)c1cccc2c1oc1ccccc12. The Morgan fingerprint density at radius 1 is 0.289 bits per heavy atom. The van der Waals surface area contributed by atoms with E-state index in [1.807, 2.05) is 0 Å². The number of hydrogen-bond acceptors (Lipinski definition) is 4. The summed E-state index contributed by atoms with van der Waals surface area (Å²) in [5.74, 6) is 0.427. The zero-order valence-electron chi connectivity index (χ0n) is 43.7. The molecule has 0 N–H and O–H groups in total. The highest BCUT2D eigenvalue weighted by molar-refractivity contribution is 6.30. The van der Waals surface area contributed by atoms with Gasteiger partial charge in [0.05, 0.1) is 22.7 Å². The van der Waals surface area contributed by atoms with Gasteiger partial charge in [0.1, 0.15) is 11.2 Å². The summed E-state index contributed by atoms with van der Waals surface area (Å²) in [6.07, 6.45) is 0. The fraction of sp³-hybridized carbons (Fsp3) is 0.111. The Labute approximate surface area is 443 Å². The second-order valence-corrected chi connectivity index (χ2v) is 21.3. The van der Waals surface area contributed by atoms with Crippen LogP contribution in [0, 0.1) is 13.8 Å². The van der Waals surface area contributed by atoms with Crippen LogP contribution in [0.3, 0.4) is 0 Å². The summed E-state index contributed by atoms with van der Waals surface area (Å²) in [7, 11) is 0. The molecule has 2 heterocycles. The van der Waals surface area contributed by atoms with Crippen LogP contribution in [0.4, 0.5) is 34.1 Å². The molecule has 12 aromatic carbocycles. The van der Waals surface area contributed by atoms with E-state index >= 15 is 0 Å². The second-order valence-electron chi connectivity index (χ2n) is 21.3. The summed E-state index contributed by atoms with van der Waals surface area (Å²) in [6, 6.07) is 79.8. The number of benzene rings is 12. The first-order chi connectivity index (χ1) is 37.2. The average molecular weight is 981 g/mol. The lowest BCUT2D eigenvalue weighted by Crippen LogP contribution is -2.14. The quantitative estimate of drug-likeness (QED) is 0.128. The van der Waals surface area contributed by atoms with Crippen LogP contribution in [0.5, 0.6) is 0 Å². The number of nitrogens with zero attached hydrogens (tertiary/aromatic N) is 2. The maximum Gasteiger partial charge on any atom is 0.159 e. The molecule has 76 heavy (non-hydrogen) atoms. The molecule has 4 nitrogen and oxygen atoms in total. The van der Waals surface area contributed by atoms with Crippen molar-refractivity contribution in [2.24, 2.45) is 0 Å². The first-order valence-electron chi connectivity index (χ1n) is 26.7. The number of fused-ring (bicyclic) bond motifs is 6. The molecule has 0 aliphatic carbocycles. The maximum absolute atomic E-state index is 6.95. The highest BCUT2D eigenvalue weighted by Crippen LogP contribution is 2.54. The topological polar surface area (TPSA) is 32.8 Å². The molecule has 0 unspecified atom stereocenters. The minimum atomic E-state index is 0.214. The van der Waals surface area contributed by atoms with Crippen molar-refractivity contribution >= 4 is 110 Å². The van der Waals surface area contributed by atoms with Gasteiger partial charge in [0, 0.05) is 43.7 Å². The molecular formula is C72H56N2O2. The minimum Gasteiger partial charge on any atom is -0.454 e. The summed E-state index contributed by atoms with van der Waals surface area (Å²) in [4.78, 5) is 4.98. The fourth-order valence-corrected chi connectivity index (χ4v) is 12.4. The molecule has 366 valence electrons. The molecule has 14 aromatic rings. The van der Waals surface area contributed by atoms with Gasteiger partial charge in [-0.25, -0.2) is 0 Å². The van der Waals surface area contributed by atoms with E-state index in [0.717, 1.165) is 78.0 Å². The molecule has 0 amide bonds. The van der Waals surface area contributed by atoms with Gasteiger partial charge in [-0.1, -0.05) is 185 Å². The third-order valence-electron chi connectivity index (χ3n) is 16.0. The molecule has 0 aliphatic heterocycles. The summed E-state index contributed by atoms with van der Waals surface area (Å²) in [6.45, 7) is 13.8.